The second-order valence-electron chi connectivity index (χ2n) is 17.1. The van der Waals surface area contributed by atoms with Crippen LogP contribution in [0, 0.1) is 12.3 Å². The SMILES string of the molecule is CC(=O)c1c(C)c2cnc(Nc3ccc(N4CCN(C5CCN(C(=O)C67CC(NC(=O)OC(C)(C)C)(C6)C7)C5)CC4)cn3)nc2n(C2CCCC2)c1=O. The molecule has 6 aliphatic rings. The number of ketones is 1. The molecule has 282 valence electrons. The van der Waals surface area contributed by atoms with Gasteiger partial charge in [-0.05, 0) is 90.8 Å². The molecular formula is C39H51N9O5. The lowest BCUT2D eigenvalue weighted by Crippen LogP contribution is -2.78. The lowest BCUT2D eigenvalue weighted by molar-refractivity contribution is -0.189. The number of pyridine rings is 2. The molecule has 14 heteroatoms. The van der Waals surface area contributed by atoms with Gasteiger partial charge in [0.2, 0.25) is 11.9 Å². The smallest absolute Gasteiger partial charge is 0.408 e. The molecule has 3 aromatic rings. The van der Waals surface area contributed by atoms with Crippen LogP contribution in [-0.4, -0.2) is 104 Å². The first kappa shape index (κ1) is 35.4. The van der Waals surface area contributed by atoms with Gasteiger partial charge in [-0.1, -0.05) is 12.8 Å². The third-order valence-corrected chi connectivity index (χ3v) is 12.1. The van der Waals surface area contributed by atoms with E-state index in [1.807, 2.05) is 39.1 Å². The number of hydrogen-bond donors (Lipinski definition) is 2. The van der Waals surface area contributed by atoms with E-state index in [-0.39, 0.29) is 39.8 Å². The maximum Gasteiger partial charge on any atom is 0.408 e. The molecule has 2 N–H and O–H groups in total. The molecule has 2 amide bonds. The average molecular weight is 726 g/mol. The maximum absolute atomic E-state index is 13.6. The number of aromatic nitrogens is 4. The standard InChI is InChI=1S/C39H51N9O5/c1-24-29-19-41-35(43-32(29)48(26-8-6-7-9-26)33(50)31(24)25(2)49)42-30-11-10-27(18-40-30)45-14-16-46(17-15-45)28-12-13-47(20-28)34(51)38-21-39(22-38,23-38)44-36(52)53-37(3,4)5/h10-11,18-19,26,28H,6-9,12-17,20-23H2,1-5H3,(H,44,52)(H,40,41,42,43). The fraction of sp³-hybridized carbons (Fsp3) is 0.615. The molecule has 3 aromatic heterocycles. The van der Waals surface area contributed by atoms with Crippen molar-refractivity contribution in [1.29, 1.82) is 0 Å². The highest BCUT2D eigenvalue weighted by Crippen LogP contribution is 2.68. The van der Waals surface area contributed by atoms with Crippen molar-refractivity contribution >= 4 is 46.3 Å². The first-order chi connectivity index (χ1) is 25.2. The molecule has 0 aromatic carbocycles. The number of nitrogens with zero attached hydrogens (tertiary/aromatic N) is 7. The van der Waals surface area contributed by atoms with E-state index < -0.39 is 11.7 Å². The van der Waals surface area contributed by atoms with Gasteiger partial charge in [-0.15, -0.1) is 0 Å². The predicted molar refractivity (Wildman–Crippen MR) is 201 cm³/mol. The van der Waals surface area contributed by atoms with Crippen molar-refractivity contribution in [3.63, 3.8) is 0 Å². The Kier molecular flexibility index (Phi) is 8.74. The number of amides is 2. The molecule has 2 aliphatic heterocycles. The number of carbonyl (C=O) groups is 3. The summed E-state index contributed by atoms with van der Waals surface area (Å²) in [5.74, 6) is 0.963. The van der Waals surface area contributed by atoms with E-state index in [4.69, 9.17) is 9.72 Å². The summed E-state index contributed by atoms with van der Waals surface area (Å²) in [4.78, 5) is 72.8. The molecule has 5 heterocycles. The molecule has 4 aliphatic carbocycles. The minimum absolute atomic E-state index is 0.0149. The summed E-state index contributed by atoms with van der Waals surface area (Å²) >= 11 is 0. The Morgan fingerprint density at radius 1 is 0.925 bits per heavy atom. The van der Waals surface area contributed by atoms with Crippen molar-refractivity contribution in [2.45, 2.75) is 109 Å². The number of carbonyl (C=O) groups excluding carboxylic acids is 3. The number of fused-ring (bicyclic) bond motifs is 1. The van der Waals surface area contributed by atoms with Crippen LogP contribution in [0.4, 0.5) is 22.2 Å². The summed E-state index contributed by atoms with van der Waals surface area (Å²) in [6.07, 6.45) is 10.1. The Hall–Kier alpha value is -4.59. The molecule has 1 atom stereocenters. The average Bonchev–Trinajstić information content (AvgIpc) is 3.79. The van der Waals surface area contributed by atoms with E-state index in [2.05, 4.69) is 35.3 Å². The second-order valence-corrected chi connectivity index (χ2v) is 17.1. The first-order valence-electron chi connectivity index (χ1n) is 19.2. The topological polar surface area (TPSA) is 155 Å². The molecule has 1 unspecified atom stereocenters. The van der Waals surface area contributed by atoms with Crippen LogP contribution in [0.3, 0.4) is 0 Å². The van der Waals surface area contributed by atoms with Crippen LogP contribution in [0.5, 0.6) is 0 Å². The monoisotopic (exact) mass is 725 g/mol. The summed E-state index contributed by atoms with van der Waals surface area (Å²) in [7, 11) is 0. The number of nitrogens with one attached hydrogen (secondary N) is 2. The van der Waals surface area contributed by atoms with Gasteiger partial charge < -0.3 is 25.2 Å². The lowest BCUT2D eigenvalue weighted by atomic mass is 9.39. The van der Waals surface area contributed by atoms with E-state index in [9.17, 15) is 19.2 Å². The zero-order chi connectivity index (χ0) is 37.3. The molecule has 9 rings (SSSR count). The van der Waals surface area contributed by atoms with Crippen LogP contribution in [0.25, 0.3) is 11.0 Å². The number of likely N-dealkylation sites (tertiary alicyclic amines) is 1. The lowest BCUT2D eigenvalue weighted by Gasteiger charge is -2.69. The second kappa shape index (κ2) is 13.1. The molecule has 14 nitrogen and oxygen atoms in total. The third-order valence-electron chi connectivity index (χ3n) is 12.1. The van der Waals surface area contributed by atoms with Crippen LogP contribution in [-0.2, 0) is 9.53 Å². The van der Waals surface area contributed by atoms with Crippen LogP contribution < -0.4 is 21.1 Å². The van der Waals surface area contributed by atoms with Crippen LogP contribution in [0.15, 0.2) is 29.3 Å². The van der Waals surface area contributed by atoms with Crippen molar-refractivity contribution < 1.29 is 19.1 Å². The Morgan fingerprint density at radius 3 is 2.28 bits per heavy atom. The minimum Gasteiger partial charge on any atom is -0.444 e. The molecule has 0 spiro atoms. The van der Waals surface area contributed by atoms with Crippen LogP contribution >= 0.6 is 0 Å². The van der Waals surface area contributed by atoms with Crippen molar-refractivity contribution in [3.8, 4) is 0 Å². The molecule has 2 bridgehead atoms. The summed E-state index contributed by atoms with van der Waals surface area (Å²) in [6.45, 7) is 13.9. The molecular weight excluding hydrogens is 674 g/mol. The van der Waals surface area contributed by atoms with Gasteiger partial charge in [-0.2, -0.15) is 4.98 Å². The van der Waals surface area contributed by atoms with Crippen LogP contribution in [0.1, 0.15) is 101 Å². The predicted octanol–water partition coefficient (Wildman–Crippen LogP) is 4.73. The molecule has 53 heavy (non-hydrogen) atoms. The molecule has 2 saturated heterocycles. The Bertz CT molecular complexity index is 1990. The number of piperazine rings is 1. The van der Waals surface area contributed by atoms with Gasteiger partial charge in [0.15, 0.2) is 5.78 Å². The fourth-order valence-corrected chi connectivity index (χ4v) is 9.64. The number of anilines is 3. The van der Waals surface area contributed by atoms with E-state index in [0.29, 0.717) is 53.7 Å². The first-order valence-corrected chi connectivity index (χ1v) is 19.2. The van der Waals surface area contributed by atoms with Crippen molar-refractivity contribution in [1.82, 2.24) is 34.6 Å². The van der Waals surface area contributed by atoms with Gasteiger partial charge in [0.05, 0.1) is 22.9 Å². The van der Waals surface area contributed by atoms with Crippen molar-refractivity contribution in [2.24, 2.45) is 5.41 Å². The number of alkyl carbamates (subject to hydrolysis) is 1. The van der Waals surface area contributed by atoms with E-state index in [1.165, 1.54) is 6.92 Å². The summed E-state index contributed by atoms with van der Waals surface area (Å²) in [6, 6.07) is 4.34. The van der Waals surface area contributed by atoms with Crippen molar-refractivity contribution in [2.75, 3.05) is 49.5 Å². The van der Waals surface area contributed by atoms with Gasteiger partial charge in [0.1, 0.15) is 17.1 Å². The molecule has 6 fully saturated rings. The Morgan fingerprint density at radius 2 is 1.64 bits per heavy atom. The Labute approximate surface area is 309 Å². The van der Waals surface area contributed by atoms with Gasteiger partial charge in [-0.3, -0.25) is 23.9 Å². The number of aryl methyl sites for hydroxylation is 1. The van der Waals surface area contributed by atoms with E-state index in [0.717, 1.165) is 77.1 Å². The van der Waals surface area contributed by atoms with E-state index in [1.54, 1.807) is 17.7 Å². The Balaban J connectivity index is 0.849. The number of ether oxygens (including phenoxy) is 1. The third kappa shape index (κ3) is 6.52. The maximum atomic E-state index is 13.6. The summed E-state index contributed by atoms with van der Waals surface area (Å²) in [5, 5.41) is 6.95. The number of Topliss-reactive ketones (excluding diaryl/α,β-unsaturated/α-hetero) is 1. The largest absolute Gasteiger partial charge is 0.444 e. The minimum atomic E-state index is -0.541. The zero-order valence-electron chi connectivity index (χ0n) is 31.5. The molecule has 4 saturated carbocycles. The quantitative estimate of drug-likeness (QED) is 0.310. The highest BCUT2D eigenvalue weighted by molar-refractivity contribution is 5.99. The fourth-order valence-electron chi connectivity index (χ4n) is 9.64. The zero-order valence-corrected chi connectivity index (χ0v) is 31.5. The van der Waals surface area contributed by atoms with Crippen LogP contribution in [0.2, 0.25) is 0 Å². The summed E-state index contributed by atoms with van der Waals surface area (Å²) < 4.78 is 7.15. The highest BCUT2D eigenvalue weighted by atomic mass is 16.6. The molecule has 0 radical (unpaired) electrons. The van der Waals surface area contributed by atoms with Gasteiger partial charge in [-0.25, -0.2) is 14.8 Å². The van der Waals surface area contributed by atoms with Gasteiger partial charge in [0.25, 0.3) is 5.56 Å². The van der Waals surface area contributed by atoms with E-state index >= 15 is 0 Å². The van der Waals surface area contributed by atoms with Gasteiger partial charge in [0, 0.05) is 68.5 Å². The normalized spacial score (nSPS) is 25.9. The highest BCUT2D eigenvalue weighted by Gasteiger charge is 2.73. The van der Waals surface area contributed by atoms with Gasteiger partial charge >= 0.3 is 6.09 Å². The number of hydrogen-bond acceptors (Lipinski definition) is 11. The summed E-state index contributed by atoms with van der Waals surface area (Å²) in [5.41, 5.74) is 1.03. The number of rotatable bonds is 8. The van der Waals surface area contributed by atoms with Crippen molar-refractivity contribution in [3.05, 3.63) is 46.0 Å².